The van der Waals surface area contributed by atoms with E-state index in [9.17, 15) is 0 Å². The van der Waals surface area contributed by atoms with Crippen molar-refractivity contribution in [1.82, 2.24) is 14.8 Å². The van der Waals surface area contributed by atoms with Crippen LogP contribution in [0.25, 0.3) is 11.4 Å². The highest BCUT2D eigenvalue weighted by atomic mass is 35.5. The molecule has 0 amide bonds. The fourth-order valence-electron chi connectivity index (χ4n) is 2.61. The molecule has 0 unspecified atom stereocenters. The second kappa shape index (κ2) is 4.61. The maximum Gasteiger partial charge on any atom is 0.166 e. The summed E-state index contributed by atoms with van der Waals surface area (Å²) in [7, 11) is 0. The van der Waals surface area contributed by atoms with Gasteiger partial charge in [-0.25, -0.2) is 0 Å². The first-order chi connectivity index (χ1) is 8.75. The van der Waals surface area contributed by atoms with Crippen molar-refractivity contribution in [3.05, 3.63) is 29.5 Å². The first kappa shape index (κ1) is 11.5. The summed E-state index contributed by atoms with van der Waals surface area (Å²) < 4.78 is 2.13. The van der Waals surface area contributed by atoms with Crippen molar-refractivity contribution in [3.8, 4) is 11.4 Å². The molecule has 0 spiro atoms. The van der Waals surface area contributed by atoms with Gasteiger partial charge in [0.15, 0.2) is 5.82 Å². The Labute approximate surface area is 111 Å². The number of halogens is 1. The van der Waals surface area contributed by atoms with E-state index in [0.29, 0.717) is 16.8 Å². The predicted octanol–water partition coefficient (Wildman–Crippen LogP) is 3.30. The van der Waals surface area contributed by atoms with Crippen LogP contribution in [0.15, 0.2) is 24.5 Å². The molecular formula is C13H15ClN4. The van der Waals surface area contributed by atoms with E-state index in [-0.39, 0.29) is 0 Å². The third kappa shape index (κ3) is 1.97. The average molecular weight is 263 g/mol. The number of nitrogen functional groups attached to an aromatic ring is 1. The highest BCUT2D eigenvalue weighted by molar-refractivity contribution is 6.31. The standard InChI is InChI=1S/C13H15ClN4/c14-9-5-6-12(15)11(7-9)13-17-16-8-18(13)10-3-1-2-4-10/h5-8,10H,1-4,15H2. The van der Waals surface area contributed by atoms with E-state index in [2.05, 4.69) is 14.8 Å². The van der Waals surface area contributed by atoms with E-state index < -0.39 is 0 Å². The molecule has 0 atom stereocenters. The molecule has 2 aromatic rings. The number of benzene rings is 1. The summed E-state index contributed by atoms with van der Waals surface area (Å²) in [6.07, 6.45) is 6.71. The van der Waals surface area contributed by atoms with Crippen molar-refractivity contribution in [1.29, 1.82) is 0 Å². The minimum atomic E-state index is 0.494. The van der Waals surface area contributed by atoms with Gasteiger partial charge < -0.3 is 10.3 Å². The van der Waals surface area contributed by atoms with Crippen LogP contribution in [0.5, 0.6) is 0 Å². The van der Waals surface area contributed by atoms with Crippen LogP contribution in [0.1, 0.15) is 31.7 Å². The number of anilines is 1. The molecule has 1 aliphatic rings. The second-order valence-electron chi connectivity index (χ2n) is 4.73. The molecule has 1 aliphatic carbocycles. The first-order valence-electron chi connectivity index (χ1n) is 6.20. The number of hydrogen-bond acceptors (Lipinski definition) is 3. The highest BCUT2D eigenvalue weighted by Crippen LogP contribution is 2.34. The van der Waals surface area contributed by atoms with E-state index in [0.717, 1.165) is 11.4 Å². The molecular weight excluding hydrogens is 248 g/mol. The van der Waals surface area contributed by atoms with Crippen LogP contribution in [0.3, 0.4) is 0 Å². The molecule has 0 bridgehead atoms. The zero-order chi connectivity index (χ0) is 12.5. The molecule has 1 aromatic carbocycles. The molecule has 18 heavy (non-hydrogen) atoms. The van der Waals surface area contributed by atoms with E-state index >= 15 is 0 Å². The Morgan fingerprint density at radius 2 is 2.06 bits per heavy atom. The number of rotatable bonds is 2. The van der Waals surface area contributed by atoms with Crippen molar-refractivity contribution in [2.24, 2.45) is 0 Å². The zero-order valence-corrected chi connectivity index (χ0v) is 10.8. The fourth-order valence-corrected chi connectivity index (χ4v) is 2.78. The number of hydrogen-bond donors (Lipinski definition) is 1. The smallest absolute Gasteiger partial charge is 0.166 e. The summed E-state index contributed by atoms with van der Waals surface area (Å²) in [5.41, 5.74) is 7.56. The van der Waals surface area contributed by atoms with Crippen LogP contribution in [-0.2, 0) is 0 Å². The summed E-state index contributed by atoms with van der Waals surface area (Å²) in [6, 6.07) is 5.95. The Hall–Kier alpha value is -1.55. The molecule has 1 aromatic heterocycles. The lowest BCUT2D eigenvalue weighted by Crippen LogP contribution is -2.06. The summed E-state index contributed by atoms with van der Waals surface area (Å²) in [5.74, 6) is 0.821. The van der Waals surface area contributed by atoms with Crippen LogP contribution >= 0.6 is 11.6 Å². The molecule has 1 heterocycles. The molecule has 0 saturated heterocycles. The van der Waals surface area contributed by atoms with Crippen LogP contribution in [0, 0.1) is 0 Å². The molecule has 0 aliphatic heterocycles. The van der Waals surface area contributed by atoms with Crippen LogP contribution < -0.4 is 5.73 Å². The average Bonchev–Trinajstić information content (AvgIpc) is 3.00. The fraction of sp³-hybridized carbons (Fsp3) is 0.385. The largest absolute Gasteiger partial charge is 0.398 e. The Bertz CT molecular complexity index is 558. The Kier molecular flexibility index (Phi) is 2.96. The highest BCUT2D eigenvalue weighted by Gasteiger charge is 2.21. The van der Waals surface area contributed by atoms with Crippen LogP contribution in [-0.4, -0.2) is 14.8 Å². The van der Waals surface area contributed by atoms with Crippen LogP contribution in [0.4, 0.5) is 5.69 Å². The third-order valence-electron chi connectivity index (χ3n) is 3.55. The van der Waals surface area contributed by atoms with Gasteiger partial charge in [0.1, 0.15) is 6.33 Å². The van der Waals surface area contributed by atoms with E-state index in [1.54, 1.807) is 12.4 Å². The van der Waals surface area contributed by atoms with Crippen molar-refractivity contribution in [3.63, 3.8) is 0 Å². The molecule has 5 heteroatoms. The Morgan fingerprint density at radius 3 is 2.83 bits per heavy atom. The summed E-state index contributed by atoms with van der Waals surface area (Å²) >= 11 is 6.03. The van der Waals surface area contributed by atoms with Gasteiger partial charge in [-0.1, -0.05) is 24.4 Å². The summed E-state index contributed by atoms with van der Waals surface area (Å²) in [5, 5.41) is 8.90. The molecule has 1 saturated carbocycles. The van der Waals surface area contributed by atoms with Crippen molar-refractivity contribution in [2.45, 2.75) is 31.7 Å². The normalized spacial score (nSPS) is 16.3. The van der Waals surface area contributed by atoms with Gasteiger partial charge >= 0.3 is 0 Å². The van der Waals surface area contributed by atoms with Gasteiger partial charge in [-0.05, 0) is 31.0 Å². The summed E-state index contributed by atoms with van der Waals surface area (Å²) in [4.78, 5) is 0. The van der Waals surface area contributed by atoms with Gasteiger partial charge in [0.2, 0.25) is 0 Å². The van der Waals surface area contributed by atoms with Gasteiger partial charge in [-0.15, -0.1) is 10.2 Å². The predicted molar refractivity (Wildman–Crippen MR) is 72.4 cm³/mol. The maximum absolute atomic E-state index is 6.03. The first-order valence-corrected chi connectivity index (χ1v) is 6.58. The molecule has 3 rings (SSSR count). The number of nitrogens with two attached hydrogens (primary N) is 1. The van der Waals surface area contributed by atoms with E-state index in [4.69, 9.17) is 17.3 Å². The molecule has 4 nitrogen and oxygen atoms in total. The lowest BCUT2D eigenvalue weighted by molar-refractivity contribution is 0.522. The lowest BCUT2D eigenvalue weighted by atomic mass is 10.1. The maximum atomic E-state index is 6.03. The SMILES string of the molecule is Nc1ccc(Cl)cc1-c1nncn1C1CCCC1. The van der Waals surface area contributed by atoms with Gasteiger partial charge in [0.05, 0.1) is 0 Å². The van der Waals surface area contributed by atoms with Gasteiger partial charge in [0, 0.05) is 22.3 Å². The zero-order valence-electron chi connectivity index (χ0n) is 10.0. The summed E-state index contributed by atoms with van der Waals surface area (Å²) in [6.45, 7) is 0. The Morgan fingerprint density at radius 1 is 1.28 bits per heavy atom. The minimum Gasteiger partial charge on any atom is -0.398 e. The second-order valence-corrected chi connectivity index (χ2v) is 5.17. The van der Waals surface area contributed by atoms with Gasteiger partial charge in [0.25, 0.3) is 0 Å². The number of nitrogens with zero attached hydrogens (tertiary/aromatic N) is 3. The van der Waals surface area contributed by atoms with Crippen molar-refractivity contribution in [2.75, 3.05) is 5.73 Å². The monoisotopic (exact) mass is 262 g/mol. The minimum absolute atomic E-state index is 0.494. The van der Waals surface area contributed by atoms with E-state index in [1.807, 2.05) is 12.1 Å². The lowest BCUT2D eigenvalue weighted by Gasteiger charge is -2.14. The number of aromatic nitrogens is 3. The van der Waals surface area contributed by atoms with E-state index in [1.165, 1.54) is 25.7 Å². The third-order valence-corrected chi connectivity index (χ3v) is 3.78. The Balaban J connectivity index is 2.06. The molecule has 94 valence electrons. The quantitative estimate of drug-likeness (QED) is 0.845. The molecule has 0 radical (unpaired) electrons. The van der Waals surface area contributed by atoms with Crippen molar-refractivity contribution >= 4 is 17.3 Å². The van der Waals surface area contributed by atoms with Crippen LogP contribution in [0.2, 0.25) is 5.02 Å². The molecule has 1 fully saturated rings. The van der Waals surface area contributed by atoms with Gasteiger partial charge in [-0.2, -0.15) is 0 Å². The van der Waals surface area contributed by atoms with Crippen molar-refractivity contribution < 1.29 is 0 Å². The topological polar surface area (TPSA) is 56.7 Å². The van der Waals surface area contributed by atoms with Gasteiger partial charge in [-0.3, -0.25) is 0 Å². The molecule has 2 N–H and O–H groups in total.